The van der Waals surface area contributed by atoms with Gasteiger partial charge in [-0.15, -0.1) is 11.3 Å². The van der Waals surface area contributed by atoms with Crippen LogP contribution >= 0.6 is 11.3 Å². The molecule has 2 aliphatic rings. The maximum Gasteiger partial charge on any atom is 0.272 e. The summed E-state index contributed by atoms with van der Waals surface area (Å²) >= 11 is 0.772. The van der Waals surface area contributed by atoms with E-state index < -0.39 is 12.3 Å². The van der Waals surface area contributed by atoms with Gasteiger partial charge in [0.1, 0.15) is 0 Å². The summed E-state index contributed by atoms with van der Waals surface area (Å²) in [5, 5.41) is 16.2. The van der Waals surface area contributed by atoms with Crippen LogP contribution in [0.5, 0.6) is 0 Å². The maximum absolute atomic E-state index is 13.1. The number of thiophene rings is 1. The van der Waals surface area contributed by atoms with Gasteiger partial charge in [-0.25, -0.2) is 13.8 Å². The number of amides is 2. The molecular weight excluding hydrogens is 536 g/mol. The molecule has 3 N–H and O–H groups in total. The van der Waals surface area contributed by atoms with Crippen molar-refractivity contribution in [2.75, 3.05) is 18.4 Å². The van der Waals surface area contributed by atoms with Crippen molar-refractivity contribution in [3.63, 3.8) is 0 Å². The summed E-state index contributed by atoms with van der Waals surface area (Å²) in [7, 11) is 0. The highest BCUT2D eigenvalue weighted by Gasteiger charge is 2.26. The molecule has 11 heteroatoms. The Kier molecular flexibility index (Phi) is 8.92. The summed E-state index contributed by atoms with van der Waals surface area (Å²) in [5.41, 5.74) is 2.66. The van der Waals surface area contributed by atoms with Crippen molar-refractivity contribution < 1.29 is 23.5 Å². The number of aliphatic hydroxyl groups excluding tert-OH is 1. The normalized spacial score (nSPS) is 21.9. The first kappa shape index (κ1) is 28.4. The molecule has 1 saturated carbocycles. The van der Waals surface area contributed by atoms with Crippen molar-refractivity contribution >= 4 is 40.1 Å². The average molecular weight is 572 g/mol. The fourth-order valence-corrected chi connectivity index (χ4v) is 6.45. The Balaban J connectivity index is 1.41. The van der Waals surface area contributed by atoms with Gasteiger partial charge in [0.15, 0.2) is 0 Å². The maximum atomic E-state index is 13.1. The number of rotatable bonds is 8. The standard InChI is InChI=1S/C29H35F2N5O3S/c1-2-26(38)35-14-3-4-20(13-15-35)36-23-10-5-18(17-32-19-6-8-21(37)9-7-19)16-22(23)33-29(36)34-28(39)25-12-11-24(40-25)27(30)31/h2,5,10-12,16,19-21,27,32,37H,1,3-4,6-9,13-15,17H2,(H,33,34,39)/t19-,20-,21-/m1/s1. The zero-order valence-electron chi connectivity index (χ0n) is 22.3. The first-order chi connectivity index (χ1) is 19.3. The molecule has 1 aromatic carbocycles. The summed E-state index contributed by atoms with van der Waals surface area (Å²) in [6.07, 6.45) is 4.27. The van der Waals surface area contributed by atoms with Gasteiger partial charge in [-0.05, 0) is 80.9 Å². The highest BCUT2D eigenvalue weighted by molar-refractivity contribution is 7.14. The van der Waals surface area contributed by atoms with Gasteiger partial charge < -0.3 is 19.9 Å². The van der Waals surface area contributed by atoms with Crippen molar-refractivity contribution in [2.24, 2.45) is 0 Å². The van der Waals surface area contributed by atoms with E-state index in [1.54, 1.807) is 4.90 Å². The molecule has 2 aromatic heterocycles. The van der Waals surface area contributed by atoms with E-state index in [-0.39, 0.29) is 27.8 Å². The van der Waals surface area contributed by atoms with Crippen LogP contribution in [0.25, 0.3) is 11.0 Å². The number of carbonyl (C=O) groups is 2. The van der Waals surface area contributed by atoms with Crippen molar-refractivity contribution in [3.05, 3.63) is 58.3 Å². The number of aromatic nitrogens is 2. The summed E-state index contributed by atoms with van der Waals surface area (Å²) < 4.78 is 28.3. The molecule has 3 aromatic rings. The number of nitrogens with zero attached hydrogens (tertiary/aromatic N) is 3. The van der Waals surface area contributed by atoms with E-state index in [9.17, 15) is 23.5 Å². The fraction of sp³-hybridized carbons (Fsp3) is 0.483. The molecule has 0 radical (unpaired) electrons. The highest BCUT2D eigenvalue weighted by atomic mass is 32.1. The molecule has 1 atom stereocenters. The van der Waals surface area contributed by atoms with Crippen LogP contribution in [0.4, 0.5) is 14.7 Å². The number of imidazole rings is 1. The minimum atomic E-state index is -2.63. The molecule has 0 spiro atoms. The predicted octanol–water partition coefficient (Wildman–Crippen LogP) is 5.42. The number of fused-ring (bicyclic) bond motifs is 1. The van der Waals surface area contributed by atoms with Gasteiger partial charge in [0.25, 0.3) is 12.3 Å². The van der Waals surface area contributed by atoms with Crippen LogP contribution < -0.4 is 10.6 Å². The van der Waals surface area contributed by atoms with Crippen LogP contribution in [0.3, 0.4) is 0 Å². The second-order valence-electron chi connectivity index (χ2n) is 10.6. The number of aliphatic hydroxyl groups is 1. The Bertz CT molecular complexity index is 1360. The first-order valence-corrected chi connectivity index (χ1v) is 14.7. The number of anilines is 1. The molecule has 1 aliphatic carbocycles. The van der Waals surface area contributed by atoms with Crippen LogP contribution in [0.1, 0.15) is 77.5 Å². The highest BCUT2D eigenvalue weighted by Crippen LogP contribution is 2.33. The van der Waals surface area contributed by atoms with Gasteiger partial charge >= 0.3 is 0 Å². The van der Waals surface area contributed by atoms with Crippen LogP contribution in [-0.2, 0) is 11.3 Å². The van der Waals surface area contributed by atoms with Gasteiger partial charge in [0, 0.05) is 31.7 Å². The molecular formula is C29H35F2N5O3S. The van der Waals surface area contributed by atoms with E-state index in [0.29, 0.717) is 38.0 Å². The minimum absolute atomic E-state index is 0.0134. The molecule has 1 aliphatic heterocycles. The van der Waals surface area contributed by atoms with E-state index in [1.807, 2.05) is 16.7 Å². The molecule has 40 heavy (non-hydrogen) atoms. The number of nitrogens with one attached hydrogen (secondary N) is 2. The molecule has 5 rings (SSSR count). The van der Waals surface area contributed by atoms with E-state index in [0.717, 1.165) is 66.5 Å². The molecule has 2 amide bonds. The lowest BCUT2D eigenvalue weighted by Gasteiger charge is -2.26. The lowest BCUT2D eigenvalue weighted by atomic mass is 9.93. The Labute approximate surface area is 236 Å². The molecule has 2 fully saturated rings. The number of likely N-dealkylation sites (tertiary alicyclic amines) is 1. The topological polar surface area (TPSA) is 99.5 Å². The average Bonchev–Trinajstić information content (AvgIpc) is 3.51. The molecule has 3 heterocycles. The molecule has 214 valence electrons. The predicted molar refractivity (Wildman–Crippen MR) is 152 cm³/mol. The number of carbonyl (C=O) groups excluding carboxylic acids is 2. The third kappa shape index (κ3) is 6.42. The second kappa shape index (κ2) is 12.6. The number of benzene rings is 1. The summed E-state index contributed by atoms with van der Waals surface area (Å²) in [5.74, 6) is -0.208. The lowest BCUT2D eigenvalue weighted by molar-refractivity contribution is -0.125. The quantitative estimate of drug-likeness (QED) is 0.314. The zero-order valence-corrected chi connectivity index (χ0v) is 23.1. The first-order valence-electron chi connectivity index (χ1n) is 13.8. The van der Waals surface area contributed by atoms with Gasteiger partial charge in [-0.1, -0.05) is 12.6 Å². The number of halogens is 2. The molecule has 1 saturated heterocycles. The van der Waals surface area contributed by atoms with E-state index in [1.165, 1.54) is 18.2 Å². The van der Waals surface area contributed by atoms with Crippen molar-refractivity contribution in [1.82, 2.24) is 19.8 Å². The largest absolute Gasteiger partial charge is 0.393 e. The Morgan fingerprint density at radius 2 is 1.93 bits per heavy atom. The number of alkyl halides is 2. The van der Waals surface area contributed by atoms with Crippen molar-refractivity contribution in [3.8, 4) is 0 Å². The SMILES string of the molecule is C=CC(=O)N1CCC[C@@H](n2c(NC(=O)c3ccc(C(F)F)s3)nc3cc(CN[C@H]4CC[C@H](O)CC4)ccc32)CC1. The number of hydrogen-bond donors (Lipinski definition) is 3. The van der Waals surface area contributed by atoms with E-state index >= 15 is 0 Å². The third-order valence-electron chi connectivity index (χ3n) is 7.89. The lowest BCUT2D eigenvalue weighted by Crippen LogP contribution is -2.34. The fourth-order valence-electron chi connectivity index (χ4n) is 5.70. The van der Waals surface area contributed by atoms with Gasteiger partial charge in [0.05, 0.1) is 26.9 Å². The minimum Gasteiger partial charge on any atom is -0.393 e. The van der Waals surface area contributed by atoms with E-state index in [4.69, 9.17) is 4.98 Å². The monoisotopic (exact) mass is 571 g/mol. The summed E-state index contributed by atoms with van der Waals surface area (Å²) in [6, 6.07) is 9.11. The van der Waals surface area contributed by atoms with Crippen LogP contribution in [0.2, 0.25) is 0 Å². The second-order valence-corrected chi connectivity index (χ2v) is 11.7. The smallest absolute Gasteiger partial charge is 0.272 e. The zero-order chi connectivity index (χ0) is 28.2. The molecule has 8 nitrogen and oxygen atoms in total. The van der Waals surface area contributed by atoms with Gasteiger partial charge in [0.2, 0.25) is 11.9 Å². The van der Waals surface area contributed by atoms with Crippen molar-refractivity contribution in [1.29, 1.82) is 0 Å². The Hall–Kier alpha value is -3.15. The van der Waals surface area contributed by atoms with E-state index in [2.05, 4.69) is 23.3 Å². The Morgan fingerprint density at radius 1 is 1.12 bits per heavy atom. The van der Waals surface area contributed by atoms with Crippen LogP contribution in [0, 0.1) is 0 Å². The van der Waals surface area contributed by atoms with Gasteiger partial charge in [-0.2, -0.15) is 0 Å². The summed E-state index contributed by atoms with van der Waals surface area (Å²) in [6.45, 7) is 5.46. The van der Waals surface area contributed by atoms with Crippen LogP contribution in [0.15, 0.2) is 43.0 Å². The third-order valence-corrected chi connectivity index (χ3v) is 8.98. The van der Waals surface area contributed by atoms with Crippen molar-refractivity contribution in [2.45, 2.75) is 76.1 Å². The van der Waals surface area contributed by atoms with Gasteiger partial charge in [-0.3, -0.25) is 14.9 Å². The van der Waals surface area contributed by atoms with Crippen LogP contribution in [-0.4, -0.2) is 56.6 Å². The molecule has 0 bridgehead atoms. The number of hydrogen-bond acceptors (Lipinski definition) is 6. The Morgan fingerprint density at radius 3 is 2.65 bits per heavy atom. The molecule has 0 unspecified atom stereocenters. The summed E-state index contributed by atoms with van der Waals surface area (Å²) in [4.78, 5) is 31.9.